The van der Waals surface area contributed by atoms with E-state index in [0.717, 1.165) is 22.2 Å². The van der Waals surface area contributed by atoms with Crippen LogP contribution in [-0.2, 0) is 19.0 Å². The van der Waals surface area contributed by atoms with Crippen molar-refractivity contribution >= 4 is 33.0 Å². The third-order valence-electron chi connectivity index (χ3n) is 5.83. The maximum absolute atomic E-state index is 13.6. The second-order valence-electron chi connectivity index (χ2n) is 8.35. The molecule has 1 aromatic heterocycles. The van der Waals surface area contributed by atoms with Gasteiger partial charge in [0.25, 0.3) is 0 Å². The zero-order valence-electron chi connectivity index (χ0n) is 19.8. The van der Waals surface area contributed by atoms with E-state index in [2.05, 4.69) is 20.9 Å². The van der Waals surface area contributed by atoms with Crippen molar-refractivity contribution in [3.63, 3.8) is 0 Å². The van der Waals surface area contributed by atoms with Crippen LogP contribution in [0.3, 0.4) is 0 Å². The number of rotatable bonds is 6. The largest absolute Gasteiger partial charge is 1.00 e. The van der Waals surface area contributed by atoms with Crippen LogP contribution in [0, 0.1) is 0 Å². The average Bonchev–Trinajstić information content (AvgIpc) is 3.32. The van der Waals surface area contributed by atoms with Crippen LogP contribution in [0.15, 0.2) is 59.1 Å². The van der Waals surface area contributed by atoms with E-state index >= 15 is 0 Å². The van der Waals surface area contributed by atoms with Crippen LogP contribution in [0.1, 0.15) is 57.7 Å². The summed E-state index contributed by atoms with van der Waals surface area (Å²) in [5.41, 5.74) is -2.05. The van der Waals surface area contributed by atoms with Gasteiger partial charge in [-0.15, -0.1) is 0 Å². The van der Waals surface area contributed by atoms with E-state index < -0.39 is 35.1 Å². The third kappa shape index (κ3) is 6.99. The Labute approximate surface area is 244 Å². The van der Waals surface area contributed by atoms with E-state index in [9.17, 15) is 36.2 Å². The molecule has 0 radical (unpaired) electrons. The second-order valence-corrected chi connectivity index (χ2v) is 9.26. The van der Waals surface area contributed by atoms with Crippen LogP contribution < -0.4 is 39.4 Å². The molecule has 0 bridgehead atoms. The number of nitrogens with zero attached hydrogens (tertiary/aromatic N) is 1. The number of hydrogen-bond donors (Lipinski definition) is 0. The molecule has 1 aliphatic rings. The predicted octanol–water partition coefficient (Wildman–Crippen LogP) is 3.92. The standard InChI is InChI=1S/C26H18BrF6NO3.Na/c27-17-7-4-14(5-8-17)13-37-23-9-6-15(25(28,29)30)10-20(23)18-2-1-3-19(18)21-11-16(26(31,32)33)12-22(34-21)24(35)36;/h4-12H,1-3,13H2,(H,35,36);/q;+1/p-1. The van der Waals surface area contributed by atoms with Crippen molar-refractivity contribution in [1.29, 1.82) is 0 Å². The minimum atomic E-state index is -4.86. The summed E-state index contributed by atoms with van der Waals surface area (Å²) >= 11 is 3.31. The van der Waals surface area contributed by atoms with Gasteiger partial charge >= 0.3 is 41.9 Å². The molecule has 38 heavy (non-hydrogen) atoms. The number of hydrogen-bond acceptors (Lipinski definition) is 4. The van der Waals surface area contributed by atoms with Gasteiger partial charge in [0.05, 0.1) is 28.5 Å². The van der Waals surface area contributed by atoms with Gasteiger partial charge in [-0.25, -0.2) is 4.98 Å². The monoisotopic (exact) mass is 607 g/mol. The fraction of sp³-hybridized carbons (Fsp3) is 0.231. The summed E-state index contributed by atoms with van der Waals surface area (Å²) in [6.07, 6.45) is -8.68. The normalized spacial score (nSPS) is 13.9. The van der Waals surface area contributed by atoms with Gasteiger partial charge in [-0.2, -0.15) is 26.3 Å². The molecule has 0 unspecified atom stereocenters. The van der Waals surface area contributed by atoms with Crippen molar-refractivity contribution < 1.29 is 70.5 Å². The van der Waals surface area contributed by atoms with Crippen molar-refractivity contribution in [2.24, 2.45) is 0 Å². The van der Waals surface area contributed by atoms with E-state index in [4.69, 9.17) is 4.74 Å². The molecule has 3 aromatic rings. The number of aromatic nitrogens is 1. The fourth-order valence-corrected chi connectivity index (χ4v) is 4.35. The molecule has 0 N–H and O–H groups in total. The summed E-state index contributed by atoms with van der Waals surface area (Å²) < 4.78 is 87.7. The molecular weight excluding hydrogens is 591 g/mol. The molecule has 12 heteroatoms. The molecule has 0 saturated carbocycles. The molecule has 4 rings (SSSR count). The summed E-state index contributed by atoms with van der Waals surface area (Å²) in [6.45, 7) is 0.0326. The van der Waals surface area contributed by atoms with Gasteiger partial charge < -0.3 is 14.6 Å². The summed E-state index contributed by atoms with van der Waals surface area (Å²) in [5, 5.41) is 11.3. The van der Waals surface area contributed by atoms with Crippen molar-refractivity contribution in [2.45, 2.75) is 38.2 Å². The number of benzene rings is 2. The number of carboxylic acid groups (broad SMARTS) is 1. The van der Waals surface area contributed by atoms with Crippen LogP contribution in [0.4, 0.5) is 26.3 Å². The number of alkyl halides is 6. The zero-order valence-corrected chi connectivity index (χ0v) is 23.4. The number of carboxylic acids is 1. The Kier molecular flexibility index (Phi) is 9.39. The van der Waals surface area contributed by atoms with Gasteiger partial charge in [0, 0.05) is 10.0 Å². The quantitative estimate of drug-likeness (QED) is 0.315. The Balaban J connectivity index is 0.00000400. The first-order chi connectivity index (χ1) is 17.3. The van der Waals surface area contributed by atoms with Crippen LogP contribution in [0.2, 0.25) is 0 Å². The maximum atomic E-state index is 13.6. The van der Waals surface area contributed by atoms with E-state index in [1.54, 1.807) is 24.3 Å². The van der Waals surface area contributed by atoms with Gasteiger partial charge in [-0.05, 0) is 78.4 Å². The molecule has 4 nitrogen and oxygen atoms in total. The van der Waals surface area contributed by atoms with E-state index in [1.165, 1.54) is 6.07 Å². The average molecular weight is 608 g/mol. The molecule has 2 aromatic carbocycles. The van der Waals surface area contributed by atoms with Gasteiger partial charge in [0.2, 0.25) is 0 Å². The maximum Gasteiger partial charge on any atom is 1.00 e. The molecule has 0 amide bonds. The summed E-state index contributed by atoms with van der Waals surface area (Å²) in [5.74, 6) is -1.79. The van der Waals surface area contributed by atoms with E-state index in [-0.39, 0.29) is 71.6 Å². The first-order valence-corrected chi connectivity index (χ1v) is 11.7. The molecule has 0 spiro atoms. The first kappa shape index (κ1) is 30.2. The minimum absolute atomic E-state index is 0. The molecule has 0 aliphatic heterocycles. The number of ether oxygens (including phenoxy) is 1. The fourth-order valence-electron chi connectivity index (χ4n) is 4.09. The van der Waals surface area contributed by atoms with Crippen LogP contribution >= 0.6 is 15.9 Å². The van der Waals surface area contributed by atoms with Gasteiger partial charge in [0.1, 0.15) is 12.4 Å². The van der Waals surface area contributed by atoms with E-state index in [0.29, 0.717) is 24.1 Å². The SMILES string of the molecule is O=C([O-])c1cc(C(F)(F)F)cc(C2=C(c3cc(C(F)(F)F)ccc3OCc3ccc(Br)cc3)CCC2)n1.[Na+]. The Morgan fingerprint density at radius 1 is 0.895 bits per heavy atom. The Morgan fingerprint density at radius 2 is 1.53 bits per heavy atom. The van der Waals surface area contributed by atoms with E-state index in [1.807, 2.05) is 0 Å². The first-order valence-electron chi connectivity index (χ1n) is 10.9. The number of aromatic carboxylic acids is 1. The Hall–Kier alpha value is -2.34. The molecule has 1 aliphatic carbocycles. The Morgan fingerprint density at radius 3 is 2.13 bits per heavy atom. The third-order valence-corrected chi connectivity index (χ3v) is 6.36. The summed E-state index contributed by atoms with van der Waals surface area (Å²) in [6, 6.07) is 11.1. The number of halogens is 7. The molecule has 0 fully saturated rings. The molecular formula is C26H17BrF6NNaO3. The topological polar surface area (TPSA) is 62.2 Å². The zero-order chi connectivity index (χ0) is 27.0. The Bertz CT molecular complexity index is 1370. The van der Waals surface area contributed by atoms with Crippen LogP contribution in [-0.4, -0.2) is 11.0 Å². The number of carbonyl (C=O) groups excluding carboxylic acids is 1. The minimum Gasteiger partial charge on any atom is -0.543 e. The van der Waals surface area contributed by atoms with Gasteiger partial charge in [-0.3, -0.25) is 0 Å². The molecule has 0 saturated heterocycles. The second kappa shape index (κ2) is 11.8. The summed E-state index contributed by atoms with van der Waals surface area (Å²) in [7, 11) is 0. The van der Waals surface area contributed by atoms with Crippen molar-refractivity contribution in [3.8, 4) is 5.75 Å². The smallest absolute Gasteiger partial charge is 0.543 e. The van der Waals surface area contributed by atoms with Crippen LogP contribution in [0.25, 0.3) is 11.1 Å². The molecule has 194 valence electrons. The predicted molar refractivity (Wildman–Crippen MR) is 124 cm³/mol. The molecule has 0 atom stereocenters. The molecule has 1 heterocycles. The summed E-state index contributed by atoms with van der Waals surface area (Å²) in [4.78, 5) is 15.2. The van der Waals surface area contributed by atoms with Crippen LogP contribution in [0.5, 0.6) is 5.75 Å². The van der Waals surface area contributed by atoms with Crippen molar-refractivity contribution in [1.82, 2.24) is 4.98 Å². The number of allylic oxidation sites excluding steroid dienone is 2. The van der Waals surface area contributed by atoms with Gasteiger partial charge in [-0.1, -0.05) is 28.1 Å². The van der Waals surface area contributed by atoms with Crippen molar-refractivity contribution in [2.75, 3.05) is 0 Å². The van der Waals surface area contributed by atoms with Crippen molar-refractivity contribution in [3.05, 3.63) is 92.7 Å². The van der Waals surface area contributed by atoms with Gasteiger partial charge in [0.15, 0.2) is 0 Å². The number of pyridine rings is 1. The number of carbonyl (C=O) groups is 1.